The maximum atomic E-state index is 14.8. The highest BCUT2D eigenvalue weighted by Crippen LogP contribution is 2.28. The standard InChI is InChI=1S/C34H49FN4O7/c1-23-5-7-29(41)21-32(43)46-33(24(2)6-8-30(23)45-34(44)38-11-9-36(4)10-12-38)25(3)17-26-18-27(35)20-28(19-26)39-14-13-37(15-16-40)31(42)22-39/h6,8,17-20,23-24,29-30,33,40-41H,5,7,9-16,21-22H2,1-4H3/b8-6+,25-17+/t23-,24-,29+,30+,33-/m0/s1. The van der Waals surface area contributed by atoms with E-state index in [2.05, 4.69) is 4.90 Å². The monoisotopic (exact) mass is 644 g/mol. The van der Waals surface area contributed by atoms with Crippen molar-refractivity contribution < 1.29 is 38.5 Å². The van der Waals surface area contributed by atoms with Crippen LogP contribution in [0.5, 0.6) is 0 Å². The third-order valence-electron chi connectivity index (χ3n) is 9.06. The van der Waals surface area contributed by atoms with Gasteiger partial charge in [0.05, 0.1) is 25.7 Å². The Balaban J connectivity index is 1.55. The van der Waals surface area contributed by atoms with Crippen molar-refractivity contribution in [1.82, 2.24) is 14.7 Å². The first-order valence-electron chi connectivity index (χ1n) is 16.3. The molecule has 0 bridgehead atoms. The van der Waals surface area contributed by atoms with Crippen LogP contribution < -0.4 is 4.90 Å². The summed E-state index contributed by atoms with van der Waals surface area (Å²) in [4.78, 5) is 45.7. The number of halogens is 1. The van der Waals surface area contributed by atoms with E-state index in [4.69, 9.17) is 9.47 Å². The Labute approximate surface area is 271 Å². The van der Waals surface area contributed by atoms with Gasteiger partial charge in [-0.15, -0.1) is 0 Å². The number of hydrogen-bond acceptors (Lipinski definition) is 9. The number of aliphatic hydroxyl groups excluding tert-OH is 2. The molecule has 3 aliphatic heterocycles. The Kier molecular flexibility index (Phi) is 12.6. The topological polar surface area (TPSA) is 123 Å². The summed E-state index contributed by atoms with van der Waals surface area (Å²) in [6.07, 6.45) is 3.70. The summed E-state index contributed by atoms with van der Waals surface area (Å²) in [6.45, 7) is 9.58. The molecule has 2 fully saturated rings. The number of nitrogens with zero attached hydrogens (tertiary/aromatic N) is 4. The van der Waals surface area contributed by atoms with Gasteiger partial charge in [-0.05, 0) is 68.1 Å². The van der Waals surface area contributed by atoms with E-state index < -0.39 is 30.1 Å². The number of rotatable bonds is 6. The fraction of sp³-hybridized carbons (Fsp3) is 0.618. The fourth-order valence-electron chi connectivity index (χ4n) is 6.12. The van der Waals surface area contributed by atoms with Crippen LogP contribution in [0, 0.1) is 17.7 Å². The molecule has 1 aromatic carbocycles. The van der Waals surface area contributed by atoms with Crippen LogP contribution in [0.2, 0.25) is 0 Å². The number of β-amino-alcohol motifs (C(OH)–C–C–N with tert-alkyl or cyclic N) is 1. The number of likely N-dealkylation sites (N-methyl/N-ethyl adjacent to an activating group) is 1. The maximum Gasteiger partial charge on any atom is 0.410 e. The first-order valence-corrected chi connectivity index (χ1v) is 16.3. The van der Waals surface area contributed by atoms with Crippen LogP contribution in [0.15, 0.2) is 35.9 Å². The molecule has 254 valence electrons. The average molecular weight is 645 g/mol. The van der Waals surface area contributed by atoms with Crippen LogP contribution in [0.3, 0.4) is 0 Å². The van der Waals surface area contributed by atoms with Crippen molar-refractivity contribution in [3.05, 3.63) is 47.3 Å². The number of benzene rings is 1. The van der Waals surface area contributed by atoms with Gasteiger partial charge in [0.15, 0.2) is 0 Å². The minimum atomic E-state index is -0.904. The van der Waals surface area contributed by atoms with Crippen LogP contribution in [-0.4, -0.2) is 127 Å². The molecule has 1 aromatic rings. The number of esters is 1. The molecular weight excluding hydrogens is 595 g/mol. The normalized spacial score (nSPS) is 28.3. The molecule has 0 unspecified atom stereocenters. The summed E-state index contributed by atoms with van der Waals surface area (Å²) >= 11 is 0. The summed E-state index contributed by atoms with van der Waals surface area (Å²) < 4.78 is 26.7. The summed E-state index contributed by atoms with van der Waals surface area (Å²) in [7, 11) is 2.02. The van der Waals surface area contributed by atoms with Gasteiger partial charge in [0.25, 0.3) is 0 Å². The number of hydrogen-bond donors (Lipinski definition) is 2. The van der Waals surface area contributed by atoms with E-state index in [0.29, 0.717) is 55.8 Å². The van der Waals surface area contributed by atoms with Gasteiger partial charge in [-0.25, -0.2) is 9.18 Å². The number of aliphatic hydroxyl groups is 2. The van der Waals surface area contributed by atoms with Crippen molar-refractivity contribution in [1.29, 1.82) is 0 Å². The molecule has 0 aromatic heterocycles. The van der Waals surface area contributed by atoms with Crippen LogP contribution in [0.1, 0.15) is 45.6 Å². The molecule has 46 heavy (non-hydrogen) atoms. The summed E-state index contributed by atoms with van der Waals surface area (Å²) in [5, 5.41) is 19.8. The molecule has 4 rings (SSSR count). The zero-order chi connectivity index (χ0) is 33.4. The lowest BCUT2D eigenvalue weighted by Gasteiger charge is -2.35. The molecule has 2 saturated heterocycles. The lowest BCUT2D eigenvalue weighted by molar-refractivity contribution is -0.151. The van der Waals surface area contributed by atoms with E-state index in [-0.39, 0.29) is 50.0 Å². The Morgan fingerprint density at radius 2 is 1.80 bits per heavy atom. The Morgan fingerprint density at radius 3 is 2.50 bits per heavy atom. The number of cyclic esters (lactones) is 1. The van der Waals surface area contributed by atoms with Gasteiger partial charge in [0.2, 0.25) is 5.91 Å². The third kappa shape index (κ3) is 9.76. The molecule has 2 amide bonds. The molecule has 0 radical (unpaired) electrons. The quantitative estimate of drug-likeness (QED) is 0.356. The number of carbonyl (C=O) groups excluding carboxylic acids is 3. The van der Waals surface area contributed by atoms with Crippen molar-refractivity contribution in [2.45, 2.75) is 58.3 Å². The zero-order valence-electron chi connectivity index (χ0n) is 27.4. The second kappa shape index (κ2) is 16.4. The minimum Gasteiger partial charge on any atom is -0.457 e. The van der Waals surface area contributed by atoms with Gasteiger partial charge >= 0.3 is 12.1 Å². The summed E-state index contributed by atoms with van der Waals surface area (Å²) in [5.74, 6) is -1.56. The van der Waals surface area contributed by atoms with E-state index in [1.165, 1.54) is 12.1 Å². The molecule has 0 spiro atoms. The van der Waals surface area contributed by atoms with Crippen LogP contribution in [0.4, 0.5) is 14.9 Å². The van der Waals surface area contributed by atoms with Gasteiger partial charge in [0, 0.05) is 57.4 Å². The second-order valence-electron chi connectivity index (χ2n) is 12.9. The van der Waals surface area contributed by atoms with Gasteiger partial charge in [-0.1, -0.05) is 26.0 Å². The highest BCUT2D eigenvalue weighted by Gasteiger charge is 2.29. The Hall–Kier alpha value is -3.48. The maximum absolute atomic E-state index is 14.8. The smallest absolute Gasteiger partial charge is 0.410 e. The van der Waals surface area contributed by atoms with Crippen LogP contribution in [-0.2, 0) is 19.1 Å². The van der Waals surface area contributed by atoms with Crippen molar-refractivity contribution in [3.8, 4) is 0 Å². The highest BCUT2D eigenvalue weighted by atomic mass is 19.1. The molecule has 0 aliphatic carbocycles. The lowest BCUT2D eigenvalue weighted by atomic mass is 9.91. The molecule has 12 heteroatoms. The third-order valence-corrected chi connectivity index (χ3v) is 9.06. The predicted molar refractivity (Wildman–Crippen MR) is 172 cm³/mol. The van der Waals surface area contributed by atoms with Crippen molar-refractivity contribution in [3.63, 3.8) is 0 Å². The number of carbonyl (C=O) groups is 3. The van der Waals surface area contributed by atoms with E-state index in [0.717, 1.165) is 13.1 Å². The van der Waals surface area contributed by atoms with E-state index >= 15 is 0 Å². The van der Waals surface area contributed by atoms with Gasteiger partial charge in [-0.3, -0.25) is 9.59 Å². The zero-order valence-corrected chi connectivity index (χ0v) is 27.4. The molecule has 2 N–H and O–H groups in total. The lowest BCUT2D eigenvalue weighted by Crippen LogP contribution is -2.51. The van der Waals surface area contributed by atoms with Gasteiger partial charge in [0.1, 0.15) is 18.0 Å². The average Bonchev–Trinajstić information content (AvgIpc) is 3.01. The SMILES string of the molecule is C/C(=C\c1cc(F)cc(N2CCN(CCO)C(=O)C2)c1)[C@H]1OC(=O)C[C@H](O)CC[C@H](C)[C@H](OC(=O)N2CCN(C)CC2)/C=C/[C@@H]1C. The second-order valence-corrected chi connectivity index (χ2v) is 12.9. The molecule has 5 atom stereocenters. The van der Waals surface area contributed by atoms with Crippen LogP contribution in [0.25, 0.3) is 6.08 Å². The van der Waals surface area contributed by atoms with Gasteiger partial charge in [-0.2, -0.15) is 0 Å². The largest absolute Gasteiger partial charge is 0.457 e. The molecule has 3 heterocycles. The summed E-state index contributed by atoms with van der Waals surface area (Å²) in [5.41, 5.74) is 1.77. The fourth-order valence-corrected chi connectivity index (χ4v) is 6.12. The molecule has 3 aliphatic rings. The van der Waals surface area contributed by atoms with E-state index in [1.54, 1.807) is 33.8 Å². The number of anilines is 1. The Morgan fingerprint density at radius 1 is 1.07 bits per heavy atom. The van der Waals surface area contributed by atoms with Crippen LogP contribution >= 0.6 is 0 Å². The predicted octanol–water partition coefficient (Wildman–Crippen LogP) is 2.91. The summed E-state index contributed by atoms with van der Waals surface area (Å²) in [6, 6.07) is 4.56. The number of piperazine rings is 2. The Bertz CT molecular complexity index is 1280. The first kappa shape index (κ1) is 35.4. The highest BCUT2D eigenvalue weighted by molar-refractivity contribution is 5.83. The number of ether oxygens (including phenoxy) is 2. The molecule has 11 nitrogen and oxygen atoms in total. The van der Waals surface area contributed by atoms with Crippen molar-refractivity contribution in [2.24, 2.45) is 11.8 Å². The van der Waals surface area contributed by atoms with E-state index in [1.807, 2.05) is 33.0 Å². The molecular formula is C34H49FN4O7. The first-order chi connectivity index (χ1) is 21.9. The minimum absolute atomic E-state index is 0.0783. The number of amides is 2. The van der Waals surface area contributed by atoms with Gasteiger partial charge < -0.3 is 39.3 Å². The van der Waals surface area contributed by atoms with Crippen molar-refractivity contribution in [2.75, 3.05) is 70.9 Å². The molecule has 0 saturated carbocycles. The van der Waals surface area contributed by atoms with E-state index in [9.17, 15) is 29.0 Å². The van der Waals surface area contributed by atoms with Crippen molar-refractivity contribution >= 4 is 29.7 Å².